The Morgan fingerprint density at radius 3 is 2.02 bits per heavy atom. The first-order chi connectivity index (χ1) is 28.0. The third-order valence-electron chi connectivity index (χ3n) is 16.2. The molecule has 0 spiro atoms. The molecule has 5 unspecified atom stereocenters. The lowest BCUT2D eigenvalue weighted by Gasteiger charge is -2.46. The lowest BCUT2D eigenvalue weighted by Crippen LogP contribution is -2.45. The van der Waals surface area contributed by atoms with Gasteiger partial charge >= 0.3 is 11.9 Å². The minimum Gasteiger partial charge on any atom is -0.469 e. The van der Waals surface area contributed by atoms with Crippen LogP contribution >= 0.6 is 23.5 Å². The number of esters is 2. The summed E-state index contributed by atoms with van der Waals surface area (Å²) in [5.74, 6) is 0.648. The SMILES string of the molecule is CCCCC1([C@H](O)C=C[C@H]2[C@@H](O)CC(C3C[C@@H](O)[C@H]([C@@H]4SC4[C@@H](O)C4(CCCC)CCC4)[C@H]3CC3SC3CCCC(=O)OC)[C@@H]2CC=CCCCC(=O)OC)CCC1. The number of allylic oxidation sites excluding steroid dienone is 2. The minimum atomic E-state index is -0.515. The molecule has 330 valence electrons. The van der Waals surface area contributed by atoms with Crippen LogP contribution in [0.5, 0.6) is 0 Å². The summed E-state index contributed by atoms with van der Waals surface area (Å²) in [7, 11) is 2.88. The first-order valence-corrected chi connectivity index (χ1v) is 25.4. The fourth-order valence-electron chi connectivity index (χ4n) is 12.2. The number of unbranched alkanes of at least 4 members (excludes halogenated alkanes) is 3. The third-order valence-corrected chi connectivity index (χ3v) is 19.1. The smallest absolute Gasteiger partial charge is 0.305 e. The second-order valence-electron chi connectivity index (χ2n) is 19.5. The van der Waals surface area contributed by atoms with E-state index in [0.29, 0.717) is 35.7 Å². The van der Waals surface area contributed by atoms with E-state index < -0.39 is 18.3 Å². The molecular formula is C48H78O8S2. The Balaban J connectivity index is 1.22. The van der Waals surface area contributed by atoms with Gasteiger partial charge in [0.15, 0.2) is 0 Å². The van der Waals surface area contributed by atoms with Crippen molar-refractivity contribution >= 4 is 35.5 Å². The molecule has 0 aromatic carbocycles. The van der Waals surface area contributed by atoms with Crippen LogP contribution in [0.4, 0.5) is 0 Å². The quantitative estimate of drug-likeness (QED) is 0.0305. The molecule has 8 nitrogen and oxygen atoms in total. The standard InChI is InChI=1S/C48H78O8S2/c1-5-7-22-47(24-14-25-47)40(51)21-20-32-31(16-11-9-10-12-18-41(52)55-3)33(28-36(32)49)34-29-37(50)43(35(34)30-39-38(57-39)17-13-19-42(53)56-4)44-45(58-44)46(54)48(23-8-6-2)26-15-27-48/h9,11,20-21,31-40,43-46,49-51,54H,5-8,10,12-19,22-30H2,1-4H3/t31-,32-,33?,34?,35+,36+,37-,38?,39?,40-,43-,44+,45?,46-/m1/s1. The lowest BCUT2D eigenvalue weighted by molar-refractivity contribution is -0.141. The molecule has 0 amide bonds. The molecule has 14 atom stereocenters. The zero-order valence-corrected chi connectivity index (χ0v) is 37.8. The van der Waals surface area contributed by atoms with Crippen LogP contribution in [-0.4, -0.2) is 92.0 Å². The summed E-state index contributed by atoms with van der Waals surface area (Å²) in [6, 6.07) is 0. The van der Waals surface area contributed by atoms with E-state index in [1.165, 1.54) is 27.1 Å². The largest absolute Gasteiger partial charge is 0.469 e. The lowest BCUT2D eigenvalue weighted by atomic mass is 9.61. The van der Waals surface area contributed by atoms with Crippen LogP contribution in [0.2, 0.25) is 0 Å². The normalized spacial score (nSPS) is 37.0. The van der Waals surface area contributed by atoms with Gasteiger partial charge in [-0.1, -0.05) is 76.7 Å². The molecule has 6 fully saturated rings. The number of hydrogen-bond donors (Lipinski definition) is 4. The Bertz CT molecular complexity index is 1380. The van der Waals surface area contributed by atoms with Crippen LogP contribution < -0.4 is 0 Å². The summed E-state index contributed by atoms with van der Waals surface area (Å²) in [4.78, 5) is 23.6. The van der Waals surface area contributed by atoms with Crippen molar-refractivity contribution in [3.8, 4) is 0 Å². The van der Waals surface area contributed by atoms with Crippen LogP contribution in [-0.2, 0) is 19.1 Å². The second kappa shape index (κ2) is 21.4. The van der Waals surface area contributed by atoms with Gasteiger partial charge in [0.2, 0.25) is 0 Å². The van der Waals surface area contributed by atoms with E-state index in [9.17, 15) is 30.0 Å². The fourth-order valence-corrected chi connectivity index (χ4v) is 15.1. The van der Waals surface area contributed by atoms with Crippen molar-refractivity contribution in [2.24, 2.45) is 46.3 Å². The van der Waals surface area contributed by atoms with Crippen molar-refractivity contribution < 1.29 is 39.5 Å². The molecule has 2 saturated heterocycles. The number of aliphatic hydroxyl groups is 4. The van der Waals surface area contributed by atoms with Crippen LogP contribution in [0.15, 0.2) is 24.3 Å². The Kier molecular flexibility index (Phi) is 17.1. The highest BCUT2D eigenvalue weighted by molar-refractivity contribution is 8.08. The van der Waals surface area contributed by atoms with Crippen molar-refractivity contribution in [1.29, 1.82) is 0 Å². The van der Waals surface area contributed by atoms with Gasteiger partial charge in [0.1, 0.15) is 0 Å². The number of rotatable bonds is 25. The first kappa shape index (κ1) is 46.5. The summed E-state index contributed by atoms with van der Waals surface area (Å²) in [5, 5.41) is 49.1. The highest BCUT2D eigenvalue weighted by Crippen LogP contribution is 2.65. The topological polar surface area (TPSA) is 134 Å². The predicted molar refractivity (Wildman–Crippen MR) is 235 cm³/mol. The number of thioether (sulfide) groups is 2. The van der Waals surface area contributed by atoms with Gasteiger partial charge in [-0.3, -0.25) is 9.59 Å². The van der Waals surface area contributed by atoms with Crippen LogP contribution in [0.1, 0.15) is 155 Å². The number of hydrogen-bond acceptors (Lipinski definition) is 10. The van der Waals surface area contributed by atoms with Gasteiger partial charge in [0, 0.05) is 45.7 Å². The van der Waals surface area contributed by atoms with Gasteiger partial charge in [-0.05, 0) is 124 Å². The highest BCUT2D eigenvalue weighted by atomic mass is 32.2. The zero-order valence-electron chi connectivity index (χ0n) is 36.2. The average molecular weight is 847 g/mol. The molecule has 4 saturated carbocycles. The van der Waals surface area contributed by atoms with E-state index in [-0.39, 0.29) is 69.0 Å². The molecule has 2 aliphatic heterocycles. The van der Waals surface area contributed by atoms with Crippen molar-refractivity contribution in [1.82, 2.24) is 0 Å². The molecule has 0 aromatic heterocycles. The van der Waals surface area contributed by atoms with Gasteiger partial charge in [0.25, 0.3) is 0 Å². The van der Waals surface area contributed by atoms with Gasteiger partial charge in [-0.2, -0.15) is 11.8 Å². The maximum atomic E-state index is 12.2. The first-order valence-electron chi connectivity index (χ1n) is 23.5. The predicted octanol–water partition coefficient (Wildman–Crippen LogP) is 9.20. The molecule has 0 aromatic rings. The number of carbonyl (C=O) groups excluding carboxylic acids is 2. The molecule has 10 heteroatoms. The Morgan fingerprint density at radius 1 is 0.776 bits per heavy atom. The molecule has 0 bridgehead atoms. The van der Waals surface area contributed by atoms with E-state index >= 15 is 0 Å². The van der Waals surface area contributed by atoms with Crippen molar-refractivity contribution in [3.63, 3.8) is 0 Å². The summed E-state index contributed by atoms with van der Waals surface area (Å²) >= 11 is 3.95. The third kappa shape index (κ3) is 10.9. The highest BCUT2D eigenvalue weighted by Gasteiger charge is 2.63. The van der Waals surface area contributed by atoms with Gasteiger partial charge in [-0.25, -0.2) is 0 Å². The number of methoxy groups -OCH3 is 2. The van der Waals surface area contributed by atoms with Gasteiger partial charge in [-0.15, -0.1) is 11.8 Å². The molecule has 6 aliphatic rings. The summed E-state index contributed by atoms with van der Waals surface area (Å²) < 4.78 is 9.75. The van der Waals surface area contributed by atoms with E-state index in [1.54, 1.807) is 0 Å². The summed E-state index contributed by atoms with van der Waals surface area (Å²) in [5.41, 5.74) is 0.00583. The Hall–Kier alpha value is -1.04. The summed E-state index contributed by atoms with van der Waals surface area (Å²) in [6.45, 7) is 4.45. The maximum Gasteiger partial charge on any atom is 0.305 e. The molecule has 6 rings (SSSR count). The Labute approximate surface area is 358 Å². The Morgan fingerprint density at radius 2 is 1.40 bits per heavy atom. The van der Waals surface area contributed by atoms with E-state index in [2.05, 4.69) is 32.1 Å². The molecule has 4 aliphatic carbocycles. The van der Waals surface area contributed by atoms with Gasteiger partial charge in [0.05, 0.1) is 38.6 Å². The fraction of sp³-hybridized carbons (Fsp3) is 0.875. The van der Waals surface area contributed by atoms with Crippen molar-refractivity contribution in [3.05, 3.63) is 24.3 Å². The second-order valence-corrected chi connectivity index (χ2v) is 22.3. The molecule has 2 heterocycles. The zero-order chi connectivity index (χ0) is 41.5. The molecule has 58 heavy (non-hydrogen) atoms. The van der Waals surface area contributed by atoms with Crippen molar-refractivity contribution in [2.75, 3.05) is 14.2 Å². The monoisotopic (exact) mass is 847 g/mol. The van der Waals surface area contributed by atoms with E-state index in [1.807, 2.05) is 29.6 Å². The van der Waals surface area contributed by atoms with E-state index in [0.717, 1.165) is 109 Å². The number of aliphatic hydroxyl groups excluding tert-OH is 4. The van der Waals surface area contributed by atoms with Gasteiger partial charge < -0.3 is 29.9 Å². The van der Waals surface area contributed by atoms with Crippen LogP contribution in [0.3, 0.4) is 0 Å². The molecule has 4 N–H and O–H groups in total. The molecular weight excluding hydrogens is 769 g/mol. The number of ether oxygens (including phenoxy) is 2. The van der Waals surface area contributed by atoms with E-state index in [4.69, 9.17) is 9.47 Å². The van der Waals surface area contributed by atoms with Crippen LogP contribution in [0, 0.1) is 46.3 Å². The average Bonchev–Trinajstić information content (AvgIpc) is 4.08. The van der Waals surface area contributed by atoms with Crippen LogP contribution in [0.25, 0.3) is 0 Å². The van der Waals surface area contributed by atoms with Crippen molar-refractivity contribution in [2.45, 2.75) is 201 Å². The maximum absolute atomic E-state index is 12.2. The minimum absolute atomic E-state index is 0.0364. The molecule has 0 radical (unpaired) electrons. The number of carbonyl (C=O) groups is 2. The summed E-state index contributed by atoms with van der Waals surface area (Å²) in [6.07, 6.45) is 27.7.